The highest BCUT2D eigenvalue weighted by atomic mass is 16.1. The Balaban J connectivity index is 1.37. The van der Waals surface area contributed by atoms with E-state index in [1.807, 2.05) is 12.1 Å². The van der Waals surface area contributed by atoms with E-state index in [0.717, 1.165) is 60.0 Å². The van der Waals surface area contributed by atoms with Gasteiger partial charge in [0.05, 0.1) is 17.0 Å². The predicted octanol–water partition coefficient (Wildman–Crippen LogP) is 7.41. The first-order valence-corrected chi connectivity index (χ1v) is 13.0. The van der Waals surface area contributed by atoms with Gasteiger partial charge in [-0.05, 0) is 73.4 Å². The Bertz CT molecular complexity index is 1470. The zero-order valence-electron chi connectivity index (χ0n) is 20.8. The molecule has 0 saturated heterocycles. The van der Waals surface area contributed by atoms with Crippen LogP contribution in [0.4, 0.5) is 0 Å². The minimum absolute atomic E-state index is 0.191. The fourth-order valence-electron chi connectivity index (χ4n) is 4.90. The highest BCUT2D eigenvalue weighted by molar-refractivity contribution is 5.87. The van der Waals surface area contributed by atoms with Gasteiger partial charge < -0.3 is 4.98 Å². The van der Waals surface area contributed by atoms with E-state index in [2.05, 4.69) is 101 Å². The smallest absolute Gasteiger partial charge is 0.273 e. The van der Waals surface area contributed by atoms with Crippen molar-refractivity contribution in [3.8, 4) is 11.3 Å². The van der Waals surface area contributed by atoms with Crippen molar-refractivity contribution >= 4 is 16.5 Å². The van der Waals surface area contributed by atoms with E-state index < -0.39 is 0 Å². The van der Waals surface area contributed by atoms with Gasteiger partial charge in [0.25, 0.3) is 5.56 Å². The topological polar surface area (TPSA) is 61.5 Å². The summed E-state index contributed by atoms with van der Waals surface area (Å²) in [5, 5.41) is 8.13. The van der Waals surface area contributed by atoms with Gasteiger partial charge in [-0.15, -0.1) is 0 Å². The third-order valence-electron chi connectivity index (χ3n) is 7.07. The minimum Gasteiger partial charge on any atom is -0.354 e. The number of aromatic amines is 2. The van der Waals surface area contributed by atoms with Crippen molar-refractivity contribution in [2.24, 2.45) is 5.92 Å². The zero-order valence-corrected chi connectivity index (χ0v) is 20.8. The lowest BCUT2D eigenvalue weighted by molar-refractivity contribution is 0.468. The standard InChI is InChI=1S/C32H33N3O/c1-2-23(15-16-24-11-7-6-8-12-24)19-25-17-18-29-27(20-25)21-31(33-29)28-22-30(34-35-32(28)36)26-13-9-4-3-5-10-14-26/h4,6-14,17-18,20-23,33H,2-3,5,15-16,19H2,1H3,(H,35,36)/b9-4+,14-10-,26-13+. The van der Waals surface area contributed by atoms with E-state index in [4.69, 9.17) is 0 Å². The summed E-state index contributed by atoms with van der Waals surface area (Å²) in [4.78, 5) is 16.2. The van der Waals surface area contributed by atoms with Crippen molar-refractivity contribution in [1.82, 2.24) is 15.2 Å². The summed E-state index contributed by atoms with van der Waals surface area (Å²) in [6.45, 7) is 2.28. The second-order valence-electron chi connectivity index (χ2n) is 9.63. The van der Waals surface area contributed by atoms with E-state index in [-0.39, 0.29) is 5.56 Å². The molecule has 5 rings (SSSR count). The van der Waals surface area contributed by atoms with Gasteiger partial charge in [-0.2, -0.15) is 5.10 Å². The summed E-state index contributed by atoms with van der Waals surface area (Å²) in [6, 6.07) is 21.3. The number of hydrogen-bond acceptors (Lipinski definition) is 2. The Morgan fingerprint density at radius 1 is 0.972 bits per heavy atom. The lowest BCUT2D eigenvalue weighted by atomic mass is 9.90. The Labute approximate surface area is 212 Å². The van der Waals surface area contributed by atoms with Crippen LogP contribution >= 0.6 is 0 Å². The average Bonchev–Trinajstić information content (AvgIpc) is 3.31. The summed E-state index contributed by atoms with van der Waals surface area (Å²) in [5.41, 5.74) is 6.76. The molecule has 2 aromatic carbocycles. The van der Waals surface area contributed by atoms with Crippen LogP contribution in [-0.4, -0.2) is 15.2 Å². The van der Waals surface area contributed by atoms with E-state index in [0.29, 0.717) is 11.5 Å². The third-order valence-corrected chi connectivity index (χ3v) is 7.07. The SMILES string of the molecule is CCC(CCc1ccccc1)Cc1ccc2[nH]c(-c3cc(C4=C/C=C/CC/C=C\4)n[nH]c3=O)cc2c1. The summed E-state index contributed by atoms with van der Waals surface area (Å²) in [5.74, 6) is 0.644. The number of fused-ring (bicyclic) bond motifs is 1. The molecule has 2 heterocycles. The zero-order chi connectivity index (χ0) is 24.7. The molecule has 4 nitrogen and oxygen atoms in total. The van der Waals surface area contributed by atoms with Crippen molar-refractivity contribution < 1.29 is 0 Å². The van der Waals surface area contributed by atoms with Gasteiger partial charge >= 0.3 is 0 Å². The number of H-pyrrole nitrogens is 2. The van der Waals surface area contributed by atoms with Crippen LogP contribution < -0.4 is 5.56 Å². The fraction of sp³-hybridized carbons (Fsp3) is 0.250. The molecular weight excluding hydrogens is 442 g/mol. The molecule has 1 aliphatic rings. The summed E-state index contributed by atoms with van der Waals surface area (Å²) in [7, 11) is 0. The monoisotopic (exact) mass is 475 g/mol. The molecule has 0 amide bonds. The second-order valence-corrected chi connectivity index (χ2v) is 9.63. The van der Waals surface area contributed by atoms with E-state index in [1.54, 1.807) is 0 Å². The van der Waals surface area contributed by atoms with Gasteiger partial charge in [-0.1, -0.05) is 80.1 Å². The average molecular weight is 476 g/mol. The van der Waals surface area contributed by atoms with Crippen LogP contribution in [0.1, 0.15) is 49.4 Å². The normalized spacial score (nSPS) is 17.6. The molecule has 4 aromatic rings. The molecule has 0 spiro atoms. The third kappa shape index (κ3) is 5.65. The molecule has 0 fully saturated rings. The van der Waals surface area contributed by atoms with Crippen LogP contribution in [0, 0.1) is 5.92 Å². The van der Waals surface area contributed by atoms with Crippen molar-refractivity contribution in [2.45, 2.75) is 45.4 Å². The van der Waals surface area contributed by atoms with Crippen LogP contribution in [0.5, 0.6) is 0 Å². The summed E-state index contributed by atoms with van der Waals surface area (Å²) in [6.07, 6.45) is 17.0. The van der Waals surface area contributed by atoms with Crippen LogP contribution in [0.25, 0.3) is 27.7 Å². The Morgan fingerprint density at radius 3 is 2.69 bits per heavy atom. The highest BCUT2D eigenvalue weighted by Gasteiger charge is 2.13. The maximum atomic E-state index is 12.7. The predicted molar refractivity (Wildman–Crippen MR) is 150 cm³/mol. The number of nitrogens with one attached hydrogen (secondary N) is 2. The molecule has 0 bridgehead atoms. The van der Waals surface area contributed by atoms with Crippen LogP contribution in [0.3, 0.4) is 0 Å². The van der Waals surface area contributed by atoms with E-state index >= 15 is 0 Å². The molecule has 1 aliphatic carbocycles. The quantitative estimate of drug-likeness (QED) is 0.279. The molecule has 1 unspecified atom stereocenters. The first kappa shape index (κ1) is 23.8. The maximum Gasteiger partial charge on any atom is 0.273 e. The summed E-state index contributed by atoms with van der Waals surface area (Å²) >= 11 is 0. The molecule has 0 aliphatic heterocycles. The number of nitrogens with zero attached hydrogens (tertiary/aromatic N) is 1. The Morgan fingerprint density at radius 2 is 1.83 bits per heavy atom. The van der Waals surface area contributed by atoms with Crippen LogP contribution in [-0.2, 0) is 12.8 Å². The van der Waals surface area contributed by atoms with E-state index in [1.165, 1.54) is 17.5 Å². The van der Waals surface area contributed by atoms with Crippen molar-refractivity contribution in [3.05, 3.63) is 118 Å². The molecule has 36 heavy (non-hydrogen) atoms. The minimum atomic E-state index is -0.191. The van der Waals surface area contributed by atoms with Gasteiger partial charge in [0, 0.05) is 16.5 Å². The number of rotatable bonds is 8. The van der Waals surface area contributed by atoms with Crippen LogP contribution in [0.2, 0.25) is 0 Å². The molecule has 182 valence electrons. The first-order valence-electron chi connectivity index (χ1n) is 13.0. The molecule has 2 aromatic heterocycles. The lowest BCUT2D eigenvalue weighted by Crippen LogP contribution is -2.12. The van der Waals surface area contributed by atoms with Gasteiger partial charge in [0.1, 0.15) is 0 Å². The number of allylic oxidation sites excluding steroid dienone is 6. The van der Waals surface area contributed by atoms with Crippen molar-refractivity contribution in [2.75, 3.05) is 0 Å². The van der Waals surface area contributed by atoms with Gasteiger partial charge in [-0.3, -0.25) is 4.79 Å². The maximum absolute atomic E-state index is 12.7. The first-order chi connectivity index (χ1) is 17.7. The number of aromatic nitrogens is 3. The van der Waals surface area contributed by atoms with E-state index in [9.17, 15) is 4.79 Å². The fourth-order valence-corrected chi connectivity index (χ4v) is 4.90. The largest absolute Gasteiger partial charge is 0.354 e. The molecule has 1 atom stereocenters. The lowest BCUT2D eigenvalue weighted by Gasteiger charge is -2.15. The molecule has 0 radical (unpaired) electrons. The van der Waals surface area contributed by atoms with Crippen molar-refractivity contribution in [1.29, 1.82) is 0 Å². The highest BCUT2D eigenvalue weighted by Crippen LogP contribution is 2.27. The molecule has 4 heteroatoms. The van der Waals surface area contributed by atoms with Gasteiger partial charge in [0.2, 0.25) is 0 Å². The van der Waals surface area contributed by atoms with Gasteiger partial charge in [-0.25, -0.2) is 5.10 Å². The number of hydrogen-bond donors (Lipinski definition) is 2. The molecule has 0 saturated carbocycles. The van der Waals surface area contributed by atoms with Crippen molar-refractivity contribution in [3.63, 3.8) is 0 Å². The second kappa shape index (κ2) is 11.2. The number of benzene rings is 2. The molecular formula is C32H33N3O. The number of aryl methyl sites for hydroxylation is 1. The Hall–Kier alpha value is -3.92. The molecule has 2 N–H and O–H groups in total. The van der Waals surface area contributed by atoms with Gasteiger partial charge in [0.15, 0.2) is 0 Å². The van der Waals surface area contributed by atoms with Crippen LogP contribution in [0.15, 0.2) is 95.8 Å². The summed E-state index contributed by atoms with van der Waals surface area (Å²) < 4.78 is 0. The Kier molecular flexibility index (Phi) is 7.41.